The Labute approximate surface area is 172 Å². The molecule has 6 heteroatoms. The summed E-state index contributed by atoms with van der Waals surface area (Å²) in [4.78, 5) is 13.8. The largest absolute Gasteiger partial charge is 0.490 e. The first-order chi connectivity index (χ1) is 13.8. The minimum atomic E-state index is -3.26. The van der Waals surface area contributed by atoms with Crippen LogP contribution in [0.1, 0.15) is 50.2 Å². The molecule has 0 saturated heterocycles. The second kappa shape index (κ2) is 7.48. The summed E-state index contributed by atoms with van der Waals surface area (Å²) in [5.74, 6) is 0.871. The molecule has 5 nitrogen and oxygen atoms in total. The predicted molar refractivity (Wildman–Crippen MR) is 113 cm³/mol. The average molecular weight is 414 g/mol. The van der Waals surface area contributed by atoms with Crippen LogP contribution in [0.15, 0.2) is 47.4 Å². The third kappa shape index (κ3) is 3.90. The molecule has 1 amide bonds. The van der Waals surface area contributed by atoms with Gasteiger partial charge in [0.1, 0.15) is 11.9 Å². The van der Waals surface area contributed by atoms with E-state index in [4.69, 9.17) is 4.74 Å². The van der Waals surface area contributed by atoms with Crippen molar-refractivity contribution in [3.63, 3.8) is 0 Å². The van der Waals surface area contributed by atoms with Crippen molar-refractivity contribution < 1.29 is 17.9 Å². The van der Waals surface area contributed by atoms with Crippen molar-refractivity contribution in [2.45, 2.75) is 61.9 Å². The Morgan fingerprint density at radius 3 is 2.41 bits per heavy atom. The van der Waals surface area contributed by atoms with Crippen LogP contribution in [0.4, 0.5) is 5.69 Å². The number of fused-ring (bicyclic) bond motifs is 1. The molecular formula is C23H27NO4S. The van der Waals surface area contributed by atoms with E-state index in [0.717, 1.165) is 61.1 Å². The molecule has 1 N–H and O–H groups in total. The van der Waals surface area contributed by atoms with Gasteiger partial charge in [0.05, 0.1) is 10.3 Å². The van der Waals surface area contributed by atoms with E-state index in [0.29, 0.717) is 0 Å². The van der Waals surface area contributed by atoms with Crippen molar-refractivity contribution in [1.82, 2.24) is 0 Å². The summed E-state index contributed by atoms with van der Waals surface area (Å²) < 4.78 is 29.4. The highest BCUT2D eigenvalue weighted by Gasteiger charge is 2.41. The van der Waals surface area contributed by atoms with Gasteiger partial charge in [-0.2, -0.15) is 0 Å². The Hall–Kier alpha value is -2.34. The van der Waals surface area contributed by atoms with Crippen molar-refractivity contribution in [2.75, 3.05) is 11.6 Å². The average Bonchev–Trinajstić information content (AvgIpc) is 3.07. The molecule has 4 rings (SSSR count). The Bertz CT molecular complexity index is 1020. The highest BCUT2D eigenvalue weighted by molar-refractivity contribution is 7.90. The fourth-order valence-corrected chi connectivity index (χ4v) is 5.20. The Kier molecular flexibility index (Phi) is 5.15. The van der Waals surface area contributed by atoms with Gasteiger partial charge in [-0.3, -0.25) is 4.79 Å². The van der Waals surface area contributed by atoms with Gasteiger partial charge in [0, 0.05) is 18.4 Å². The molecule has 1 unspecified atom stereocenters. The lowest BCUT2D eigenvalue weighted by molar-refractivity contribution is -0.122. The molecule has 1 saturated carbocycles. The van der Waals surface area contributed by atoms with Gasteiger partial charge in [-0.25, -0.2) is 8.42 Å². The lowest BCUT2D eigenvalue weighted by Gasteiger charge is -2.36. The number of hydrogen-bond acceptors (Lipinski definition) is 4. The van der Waals surface area contributed by atoms with Crippen molar-refractivity contribution in [2.24, 2.45) is 0 Å². The van der Waals surface area contributed by atoms with Crippen LogP contribution in [-0.2, 0) is 26.5 Å². The number of benzene rings is 2. The van der Waals surface area contributed by atoms with Crippen LogP contribution < -0.4 is 10.1 Å². The van der Waals surface area contributed by atoms with Crippen LogP contribution in [0.2, 0.25) is 0 Å². The minimum absolute atomic E-state index is 0.0174. The third-order valence-corrected chi connectivity index (χ3v) is 7.26. The number of carbonyl (C=O) groups is 1. The molecule has 154 valence electrons. The highest BCUT2D eigenvalue weighted by atomic mass is 32.2. The molecule has 2 aromatic carbocycles. The Morgan fingerprint density at radius 2 is 1.76 bits per heavy atom. The van der Waals surface area contributed by atoms with E-state index in [2.05, 4.69) is 5.32 Å². The SMILES string of the molecule is CC1Cc2cc(NC(=O)C3(c4ccc(S(C)(=O)=O)cc4)CCCCC3)ccc2O1. The Balaban J connectivity index is 1.63. The molecule has 29 heavy (non-hydrogen) atoms. The van der Waals surface area contributed by atoms with E-state index in [-0.39, 0.29) is 16.9 Å². The van der Waals surface area contributed by atoms with E-state index in [1.165, 1.54) is 6.26 Å². The van der Waals surface area contributed by atoms with Crippen LogP contribution in [0.5, 0.6) is 5.75 Å². The van der Waals surface area contributed by atoms with Gasteiger partial charge in [0.15, 0.2) is 9.84 Å². The highest BCUT2D eigenvalue weighted by Crippen LogP contribution is 2.41. The first kappa shape index (κ1) is 20.0. The maximum atomic E-state index is 13.5. The molecule has 2 aromatic rings. The summed E-state index contributed by atoms with van der Waals surface area (Å²) in [6.07, 6.45) is 6.82. The first-order valence-corrected chi connectivity index (χ1v) is 12.1. The van der Waals surface area contributed by atoms with Crippen molar-refractivity contribution >= 4 is 21.4 Å². The molecule has 0 bridgehead atoms. The number of sulfone groups is 1. The number of nitrogens with one attached hydrogen (secondary N) is 1. The number of carbonyl (C=O) groups excluding carboxylic acids is 1. The van der Waals surface area contributed by atoms with Crippen molar-refractivity contribution in [3.05, 3.63) is 53.6 Å². The summed E-state index contributed by atoms with van der Waals surface area (Å²) in [5, 5.41) is 3.13. The zero-order chi connectivity index (χ0) is 20.6. The van der Waals surface area contributed by atoms with Gasteiger partial charge in [0.2, 0.25) is 5.91 Å². The van der Waals surface area contributed by atoms with Gasteiger partial charge < -0.3 is 10.1 Å². The smallest absolute Gasteiger partial charge is 0.235 e. The predicted octanol–water partition coefficient (Wildman–Crippen LogP) is 4.25. The number of rotatable bonds is 4. The van der Waals surface area contributed by atoms with Crippen molar-refractivity contribution in [3.8, 4) is 5.75 Å². The van der Waals surface area contributed by atoms with Gasteiger partial charge in [-0.05, 0) is 61.2 Å². The van der Waals surface area contributed by atoms with E-state index >= 15 is 0 Å². The fourth-order valence-electron chi connectivity index (χ4n) is 4.57. The molecule has 0 aromatic heterocycles. The molecule has 0 spiro atoms. The molecular weight excluding hydrogens is 386 g/mol. The normalized spacial score (nSPS) is 20.6. The maximum Gasteiger partial charge on any atom is 0.235 e. The fraction of sp³-hybridized carbons (Fsp3) is 0.435. The summed E-state index contributed by atoms with van der Waals surface area (Å²) in [7, 11) is -3.26. The van der Waals surface area contributed by atoms with E-state index in [1.807, 2.05) is 25.1 Å². The molecule has 0 radical (unpaired) electrons. The van der Waals surface area contributed by atoms with E-state index in [1.54, 1.807) is 24.3 Å². The number of hydrogen-bond donors (Lipinski definition) is 1. The first-order valence-electron chi connectivity index (χ1n) is 10.2. The summed E-state index contributed by atoms with van der Waals surface area (Å²) >= 11 is 0. The molecule has 2 aliphatic rings. The lowest BCUT2D eigenvalue weighted by atomic mass is 9.68. The Morgan fingerprint density at radius 1 is 1.07 bits per heavy atom. The monoisotopic (exact) mass is 413 g/mol. The van der Waals surface area contributed by atoms with E-state index < -0.39 is 15.3 Å². The lowest BCUT2D eigenvalue weighted by Crippen LogP contribution is -2.42. The third-order valence-electron chi connectivity index (χ3n) is 6.13. The van der Waals surface area contributed by atoms with Crippen LogP contribution in [-0.4, -0.2) is 26.7 Å². The van der Waals surface area contributed by atoms with Crippen molar-refractivity contribution in [1.29, 1.82) is 0 Å². The van der Waals surface area contributed by atoms with Crippen LogP contribution in [0.25, 0.3) is 0 Å². The second-order valence-corrected chi connectivity index (χ2v) is 10.4. The van der Waals surface area contributed by atoms with Crippen LogP contribution in [0, 0.1) is 0 Å². The molecule has 1 atom stereocenters. The molecule has 1 aliphatic carbocycles. The zero-order valence-corrected chi connectivity index (χ0v) is 17.7. The number of amides is 1. The zero-order valence-electron chi connectivity index (χ0n) is 16.9. The summed E-state index contributed by atoms with van der Waals surface area (Å²) in [5.41, 5.74) is 2.16. The standard InChI is InChI=1S/C23H27NO4S/c1-16-14-17-15-19(8-11-21(17)28-16)24-22(25)23(12-4-3-5-13-23)18-6-9-20(10-7-18)29(2,26)27/h6-11,15-16H,3-5,12-14H2,1-2H3,(H,24,25). The van der Waals surface area contributed by atoms with Gasteiger partial charge in [-0.1, -0.05) is 31.4 Å². The topological polar surface area (TPSA) is 72.5 Å². The molecule has 1 heterocycles. The molecule has 1 fully saturated rings. The minimum Gasteiger partial charge on any atom is -0.490 e. The van der Waals surface area contributed by atoms with Gasteiger partial charge in [0.25, 0.3) is 0 Å². The van der Waals surface area contributed by atoms with Gasteiger partial charge >= 0.3 is 0 Å². The number of ether oxygens (including phenoxy) is 1. The second-order valence-electron chi connectivity index (χ2n) is 8.35. The number of anilines is 1. The van der Waals surface area contributed by atoms with Gasteiger partial charge in [-0.15, -0.1) is 0 Å². The van der Waals surface area contributed by atoms with Crippen LogP contribution >= 0.6 is 0 Å². The summed E-state index contributed by atoms with van der Waals surface area (Å²) in [6.45, 7) is 2.04. The molecule has 1 aliphatic heterocycles. The quantitative estimate of drug-likeness (QED) is 0.813. The summed E-state index contributed by atoms with van der Waals surface area (Å²) in [6, 6.07) is 12.6. The van der Waals surface area contributed by atoms with Crippen LogP contribution in [0.3, 0.4) is 0 Å². The van der Waals surface area contributed by atoms with E-state index in [9.17, 15) is 13.2 Å². The maximum absolute atomic E-state index is 13.5.